The predicted octanol–water partition coefficient (Wildman–Crippen LogP) is 6.94. The fourth-order valence-electron chi connectivity index (χ4n) is 4.94. The van der Waals surface area contributed by atoms with Gasteiger partial charge in [0, 0.05) is 33.9 Å². The number of aromatic amines is 1. The van der Waals surface area contributed by atoms with E-state index in [1.165, 1.54) is 12.1 Å². The molecule has 0 unspecified atom stereocenters. The van der Waals surface area contributed by atoms with Gasteiger partial charge in [0.15, 0.2) is 0 Å². The van der Waals surface area contributed by atoms with Crippen LogP contribution >= 0.6 is 0 Å². The van der Waals surface area contributed by atoms with Crippen LogP contribution in [0, 0.1) is 11.3 Å². The lowest BCUT2D eigenvalue weighted by Gasteiger charge is -2.17. The largest absolute Gasteiger partial charge is 0.404 e. The topological polar surface area (TPSA) is 104 Å². The Morgan fingerprint density at radius 1 is 0.976 bits per heavy atom. The molecule has 3 heterocycles. The number of para-hydroxylation sites is 2. The summed E-state index contributed by atoms with van der Waals surface area (Å²) in [5.41, 5.74) is 5.22. The fourth-order valence-corrected chi connectivity index (χ4v) is 6.11. The Morgan fingerprint density at radius 2 is 1.71 bits per heavy atom. The summed E-state index contributed by atoms with van der Waals surface area (Å²) in [5, 5.41) is 12.1. The van der Waals surface area contributed by atoms with Gasteiger partial charge in [0.05, 0.1) is 22.5 Å². The number of pyridine rings is 1. The Kier molecular flexibility index (Phi) is 6.60. The van der Waals surface area contributed by atoms with E-state index < -0.39 is 27.1 Å². The lowest BCUT2D eigenvalue weighted by atomic mass is 10.1. The number of nitriles is 1. The van der Waals surface area contributed by atoms with Crippen LogP contribution in [-0.2, 0) is 10.0 Å². The maximum atomic E-state index is 13.0. The minimum absolute atomic E-state index is 0.279. The molecule has 3 aromatic carbocycles. The fraction of sp³-hybridized carbons (Fsp3) is 0.0968. The van der Waals surface area contributed by atoms with E-state index in [1.54, 1.807) is 4.72 Å². The van der Waals surface area contributed by atoms with E-state index in [1.807, 2.05) is 83.4 Å². The van der Waals surface area contributed by atoms with Gasteiger partial charge < -0.3 is 9.55 Å². The molecule has 210 valence electrons. The lowest BCUT2D eigenvalue weighted by molar-refractivity contribution is -0.147. The van der Waals surface area contributed by atoms with Crippen molar-refractivity contribution in [3.63, 3.8) is 0 Å². The maximum absolute atomic E-state index is 13.0. The molecule has 11 heteroatoms. The van der Waals surface area contributed by atoms with E-state index in [2.05, 4.69) is 16.0 Å². The second kappa shape index (κ2) is 10.2. The van der Waals surface area contributed by atoms with Gasteiger partial charge in [-0.15, -0.1) is 0 Å². The number of hydrogen-bond donors (Lipinski definition) is 2. The number of nitrogens with one attached hydrogen (secondary N) is 2. The van der Waals surface area contributed by atoms with Gasteiger partial charge in [-0.25, -0.2) is 8.42 Å². The third-order valence-corrected chi connectivity index (χ3v) is 8.57. The quantitative estimate of drug-likeness (QED) is 0.221. The van der Waals surface area contributed by atoms with Crippen molar-refractivity contribution >= 4 is 31.8 Å². The molecule has 1 atom stereocenters. The van der Waals surface area contributed by atoms with Crippen LogP contribution in [0.5, 0.6) is 0 Å². The highest BCUT2D eigenvalue weighted by atomic mass is 32.2. The van der Waals surface area contributed by atoms with Crippen molar-refractivity contribution in [1.82, 2.24) is 19.3 Å². The van der Waals surface area contributed by atoms with Crippen molar-refractivity contribution in [1.29, 1.82) is 5.26 Å². The Labute approximate surface area is 238 Å². The molecule has 0 bridgehead atoms. The van der Waals surface area contributed by atoms with E-state index in [0.29, 0.717) is 16.6 Å². The Hall–Kier alpha value is -4.92. The maximum Gasteiger partial charge on any atom is 0.404 e. The third kappa shape index (κ3) is 4.81. The summed E-state index contributed by atoms with van der Waals surface area (Å²) in [6.07, 6.45) is -3.75. The summed E-state index contributed by atoms with van der Waals surface area (Å²) in [6.45, 7) is 0.723. The van der Waals surface area contributed by atoms with Crippen LogP contribution in [0.2, 0.25) is 0 Å². The van der Waals surface area contributed by atoms with Crippen molar-refractivity contribution in [2.45, 2.75) is 24.0 Å². The first-order valence-corrected chi connectivity index (χ1v) is 14.3. The Balaban J connectivity index is 1.51. The van der Waals surface area contributed by atoms with Crippen LogP contribution < -0.4 is 4.72 Å². The molecule has 2 N–H and O–H groups in total. The van der Waals surface area contributed by atoms with Gasteiger partial charge in [-0.05, 0) is 61.0 Å². The first kappa shape index (κ1) is 27.3. The highest BCUT2D eigenvalue weighted by Crippen LogP contribution is 2.38. The number of halogens is 3. The molecule has 6 aromatic rings. The molecule has 0 spiro atoms. The monoisotopic (exact) mass is 585 g/mol. The van der Waals surface area contributed by atoms with E-state index in [4.69, 9.17) is 0 Å². The van der Waals surface area contributed by atoms with Gasteiger partial charge >= 0.3 is 6.18 Å². The normalized spacial score (nSPS) is 12.9. The van der Waals surface area contributed by atoms with Gasteiger partial charge in [-0.1, -0.05) is 42.5 Å². The van der Waals surface area contributed by atoms with Gasteiger partial charge in [-0.2, -0.15) is 23.2 Å². The number of sulfonamides is 1. The second-order valence-corrected chi connectivity index (χ2v) is 11.5. The van der Waals surface area contributed by atoms with Crippen molar-refractivity contribution in [3.8, 4) is 34.4 Å². The van der Waals surface area contributed by atoms with Crippen molar-refractivity contribution in [2.24, 2.45) is 0 Å². The molecule has 0 aliphatic carbocycles. The minimum Gasteiger partial charge on any atom is -0.355 e. The number of rotatable bonds is 6. The van der Waals surface area contributed by atoms with Crippen molar-refractivity contribution in [2.75, 3.05) is 0 Å². The number of nitrogens with zero attached hydrogens (tertiary/aromatic N) is 3. The highest BCUT2D eigenvalue weighted by Gasteiger charge is 2.39. The summed E-state index contributed by atoms with van der Waals surface area (Å²) in [4.78, 5) is 7.29. The summed E-state index contributed by atoms with van der Waals surface area (Å²) in [7, 11) is -4.50. The molecule has 3 aromatic heterocycles. The predicted molar refractivity (Wildman–Crippen MR) is 154 cm³/mol. The molecule has 0 amide bonds. The molecule has 7 nitrogen and oxygen atoms in total. The van der Waals surface area contributed by atoms with Crippen LogP contribution in [0.25, 0.3) is 50.1 Å². The zero-order chi connectivity index (χ0) is 29.6. The molecule has 42 heavy (non-hydrogen) atoms. The molecule has 0 saturated heterocycles. The summed E-state index contributed by atoms with van der Waals surface area (Å²) >= 11 is 0. The molecule has 0 aliphatic heterocycles. The number of hydrogen-bond acceptors (Lipinski definition) is 4. The van der Waals surface area contributed by atoms with E-state index in [9.17, 15) is 26.9 Å². The average Bonchev–Trinajstić information content (AvgIpc) is 3.56. The molecular weight excluding hydrogens is 563 g/mol. The molecule has 0 radical (unpaired) electrons. The number of H-pyrrole nitrogens is 1. The summed E-state index contributed by atoms with van der Waals surface area (Å²) in [6, 6.07) is 27.6. The third-order valence-electron chi connectivity index (χ3n) is 7.05. The lowest BCUT2D eigenvalue weighted by Crippen LogP contribution is -2.42. The van der Waals surface area contributed by atoms with Crippen molar-refractivity contribution < 1.29 is 21.6 Å². The molecule has 0 fully saturated rings. The van der Waals surface area contributed by atoms with E-state index in [-0.39, 0.29) is 5.69 Å². The van der Waals surface area contributed by atoms with Gasteiger partial charge in [0.25, 0.3) is 0 Å². The van der Waals surface area contributed by atoms with Gasteiger partial charge in [0.1, 0.15) is 17.0 Å². The van der Waals surface area contributed by atoms with E-state index in [0.717, 1.165) is 46.5 Å². The molecule has 0 aliphatic rings. The number of benzene rings is 3. The van der Waals surface area contributed by atoms with Crippen LogP contribution in [-0.4, -0.2) is 35.2 Å². The Bertz CT molecular complexity index is 2060. The number of alkyl halides is 3. The number of aromatic nitrogens is 3. The molecule has 0 saturated carbocycles. The van der Waals surface area contributed by atoms with Crippen LogP contribution in [0.15, 0.2) is 102 Å². The van der Waals surface area contributed by atoms with Crippen molar-refractivity contribution in [3.05, 3.63) is 103 Å². The Morgan fingerprint density at radius 3 is 2.38 bits per heavy atom. The highest BCUT2D eigenvalue weighted by molar-refractivity contribution is 7.89. The summed E-state index contributed by atoms with van der Waals surface area (Å²) < 4.78 is 67.7. The molecular formula is C31H22F3N5O2S. The average molecular weight is 586 g/mol. The molecule has 6 rings (SSSR count). The smallest absolute Gasteiger partial charge is 0.355 e. The second-order valence-electron chi connectivity index (χ2n) is 9.77. The van der Waals surface area contributed by atoms with Crippen LogP contribution in [0.4, 0.5) is 13.2 Å². The SMILES string of the molecule is C[C@H](NS(=O)(=O)c1ccc(-c2c(C#N)c3cc(-c4cc5ccccc5[nH]4)ccc3n2-c2ccccc2)nc1)C(F)(F)F. The number of fused-ring (bicyclic) bond motifs is 2. The minimum atomic E-state index is -4.75. The summed E-state index contributed by atoms with van der Waals surface area (Å²) in [5.74, 6) is 0. The zero-order valence-corrected chi connectivity index (χ0v) is 22.8. The van der Waals surface area contributed by atoms with Gasteiger partial charge in [-0.3, -0.25) is 4.98 Å². The van der Waals surface area contributed by atoms with Crippen LogP contribution in [0.1, 0.15) is 12.5 Å². The van der Waals surface area contributed by atoms with Gasteiger partial charge in [0.2, 0.25) is 10.0 Å². The standard InChI is InChI=1S/C31H22F3N5O2S/c1-19(31(32,33)34)38-42(40,41)23-12-13-27(36-18-23)30-25(17-35)24-15-21(28-16-20-7-5-6-10-26(20)37-28)11-14-29(24)39(30)22-8-3-2-4-9-22/h2-16,18-19,37-38H,1H3/t19-/m0/s1. The van der Waals surface area contributed by atoms with E-state index >= 15 is 0 Å². The zero-order valence-electron chi connectivity index (χ0n) is 22.0. The first-order valence-electron chi connectivity index (χ1n) is 12.8. The first-order chi connectivity index (χ1) is 20.1. The van der Waals surface area contributed by atoms with Crippen LogP contribution in [0.3, 0.4) is 0 Å².